The predicted octanol–water partition coefficient (Wildman–Crippen LogP) is 5.47. The Balaban J connectivity index is 0. The zero-order valence-corrected chi connectivity index (χ0v) is 16.3. The Morgan fingerprint density at radius 2 is 0.914 bits per heavy atom. The highest BCUT2D eigenvalue weighted by Gasteiger charge is 2.95. The number of aliphatic carboxylic acids is 1. The molecule has 0 saturated heterocycles. The fourth-order valence-electron chi connectivity index (χ4n) is 1.66. The molecule has 0 bridgehead atoms. The molecule has 35 heavy (non-hydrogen) atoms. The maximum absolute atomic E-state index is 13.4. The zero-order chi connectivity index (χ0) is 29.3. The summed E-state index contributed by atoms with van der Waals surface area (Å²) in [6, 6.07) is 0. The average molecular weight is 561 g/mol. The Kier molecular flexibility index (Phi) is 9.82. The second-order valence-corrected chi connectivity index (χ2v) is 6.04. The second-order valence-electron chi connectivity index (χ2n) is 6.04. The van der Waals surface area contributed by atoms with Gasteiger partial charge in [-0.25, -0.2) is 0 Å². The third kappa shape index (κ3) is 5.39. The van der Waals surface area contributed by atoms with Crippen LogP contribution in [0, 0.1) is 0 Å². The number of hydrogen-bond donors (Lipinski definition) is 0. The van der Waals surface area contributed by atoms with Crippen LogP contribution in [0.1, 0.15) is 6.92 Å². The van der Waals surface area contributed by atoms with Crippen molar-refractivity contribution in [3.05, 3.63) is 25.5 Å². The standard InChI is InChI=1S/C12H7F17O.C3H4O2/c1-3-30-4(2)5(13,14)6(15,16)7(17,18)8(19,20)9(21,22)10(23,24)11(25,26)12(27,28)29;1-2-3(4)5/h3-4H,1H2,2H3;2H,1H2,(H,4,5)/p-1. The molecular weight excluding hydrogens is 551 g/mol. The highest BCUT2D eigenvalue weighted by Crippen LogP contribution is 2.64. The normalized spacial score (nSPS) is 15.5. The van der Waals surface area contributed by atoms with Gasteiger partial charge in [-0.1, -0.05) is 13.2 Å². The molecule has 1 atom stereocenters. The number of carboxylic acid groups (broad SMARTS) is 1. The molecule has 0 fully saturated rings. The highest BCUT2D eigenvalue weighted by atomic mass is 19.4. The molecule has 0 saturated carbocycles. The minimum absolute atomic E-state index is 0.141. The van der Waals surface area contributed by atoms with Crippen molar-refractivity contribution in [2.24, 2.45) is 0 Å². The van der Waals surface area contributed by atoms with Crippen LogP contribution < -0.4 is 5.11 Å². The first-order chi connectivity index (χ1) is 15.0. The Hall–Kier alpha value is -2.44. The topological polar surface area (TPSA) is 49.4 Å². The number of ether oxygens (including phenoxy) is 1. The lowest BCUT2D eigenvalue weighted by Crippen LogP contribution is -2.75. The summed E-state index contributed by atoms with van der Waals surface area (Å²) >= 11 is 0. The van der Waals surface area contributed by atoms with Crippen LogP contribution in [0.3, 0.4) is 0 Å². The molecule has 0 heterocycles. The van der Waals surface area contributed by atoms with E-state index in [1.54, 1.807) is 0 Å². The predicted molar refractivity (Wildman–Crippen MR) is 76.6 cm³/mol. The van der Waals surface area contributed by atoms with E-state index in [1.165, 1.54) is 0 Å². The van der Waals surface area contributed by atoms with Crippen molar-refractivity contribution in [2.75, 3.05) is 0 Å². The van der Waals surface area contributed by atoms with E-state index in [0.717, 1.165) is 6.08 Å². The Bertz CT molecular complexity index is 769. The van der Waals surface area contributed by atoms with Crippen LogP contribution >= 0.6 is 0 Å². The third-order valence-electron chi connectivity index (χ3n) is 3.72. The Morgan fingerprint density at radius 1 is 0.657 bits per heavy atom. The molecule has 0 aliphatic rings. The van der Waals surface area contributed by atoms with E-state index in [0.29, 0.717) is 0 Å². The average Bonchev–Trinajstić information content (AvgIpc) is 2.66. The van der Waals surface area contributed by atoms with E-state index in [4.69, 9.17) is 9.90 Å². The molecule has 0 aliphatic carbocycles. The Morgan fingerprint density at radius 3 is 1.14 bits per heavy atom. The fourth-order valence-corrected chi connectivity index (χ4v) is 1.66. The maximum atomic E-state index is 13.4. The molecule has 0 aromatic rings. The zero-order valence-electron chi connectivity index (χ0n) is 16.3. The summed E-state index contributed by atoms with van der Waals surface area (Å²) in [5, 5.41) is 9.14. The van der Waals surface area contributed by atoms with E-state index in [-0.39, 0.29) is 13.2 Å². The number of rotatable bonds is 10. The van der Waals surface area contributed by atoms with Gasteiger partial charge in [-0.15, -0.1) is 0 Å². The number of carbonyl (C=O) groups is 1. The van der Waals surface area contributed by atoms with Gasteiger partial charge in [-0.05, 0) is 13.0 Å². The molecule has 0 spiro atoms. The molecule has 0 rings (SSSR count). The quantitative estimate of drug-likeness (QED) is 0.202. The summed E-state index contributed by atoms with van der Waals surface area (Å²) in [6.07, 6.45) is -10.8. The maximum Gasteiger partial charge on any atom is 0.460 e. The van der Waals surface area contributed by atoms with Gasteiger partial charge in [0, 0.05) is 0 Å². The number of hydrogen-bond acceptors (Lipinski definition) is 3. The van der Waals surface area contributed by atoms with Crippen molar-refractivity contribution in [3.8, 4) is 0 Å². The summed E-state index contributed by atoms with van der Waals surface area (Å²) in [7, 11) is 0. The molecule has 0 amide bonds. The van der Waals surface area contributed by atoms with E-state index in [9.17, 15) is 74.6 Å². The SMILES string of the molecule is C=CC(=O)[O-].C=COC(C)C(F)(F)C(F)(F)C(F)(F)C(F)(F)C(F)(F)C(F)(F)C(F)(F)C(F)(F)F. The first-order valence-corrected chi connectivity index (χ1v) is 7.81. The van der Waals surface area contributed by atoms with Gasteiger partial charge >= 0.3 is 47.6 Å². The monoisotopic (exact) mass is 561 g/mol. The first-order valence-electron chi connectivity index (χ1n) is 7.81. The molecular formula is C15H10F17O3-. The van der Waals surface area contributed by atoms with Gasteiger partial charge in [0.2, 0.25) is 0 Å². The van der Waals surface area contributed by atoms with Crippen LogP contribution in [0.5, 0.6) is 0 Å². The van der Waals surface area contributed by atoms with Crippen LogP contribution in [0.4, 0.5) is 74.6 Å². The van der Waals surface area contributed by atoms with Crippen molar-refractivity contribution in [1.29, 1.82) is 0 Å². The molecule has 0 aromatic heterocycles. The minimum atomic E-state index is -8.63. The van der Waals surface area contributed by atoms with Crippen LogP contribution in [0.2, 0.25) is 0 Å². The van der Waals surface area contributed by atoms with Crippen molar-refractivity contribution < 1.29 is 89.3 Å². The van der Waals surface area contributed by atoms with Crippen LogP contribution in [0.15, 0.2) is 25.5 Å². The van der Waals surface area contributed by atoms with Crippen molar-refractivity contribution in [2.45, 2.75) is 60.7 Å². The van der Waals surface area contributed by atoms with Gasteiger partial charge in [0.25, 0.3) is 0 Å². The van der Waals surface area contributed by atoms with Gasteiger partial charge in [-0.3, -0.25) is 0 Å². The van der Waals surface area contributed by atoms with E-state index >= 15 is 0 Å². The summed E-state index contributed by atoms with van der Waals surface area (Å²) in [6.45, 7) is 5.15. The minimum Gasteiger partial charge on any atom is -0.545 e. The molecule has 0 aromatic carbocycles. The van der Waals surface area contributed by atoms with Crippen molar-refractivity contribution >= 4 is 5.97 Å². The van der Waals surface area contributed by atoms with Crippen molar-refractivity contribution in [1.82, 2.24) is 0 Å². The lowest BCUT2D eigenvalue weighted by molar-refractivity contribution is -0.463. The molecule has 0 N–H and O–H groups in total. The van der Waals surface area contributed by atoms with Crippen LogP contribution in [0.25, 0.3) is 0 Å². The van der Waals surface area contributed by atoms with Gasteiger partial charge in [-0.2, -0.15) is 74.6 Å². The smallest absolute Gasteiger partial charge is 0.460 e. The number of carbonyl (C=O) groups excluding carboxylic acids is 1. The van der Waals surface area contributed by atoms with Crippen molar-refractivity contribution in [3.63, 3.8) is 0 Å². The second kappa shape index (κ2) is 9.90. The molecule has 0 radical (unpaired) electrons. The molecule has 208 valence electrons. The van der Waals surface area contributed by atoms with Gasteiger partial charge < -0.3 is 14.6 Å². The highest BCUT2D eigenvalue weighted by molar-refractivity contribution is 5.76. The molecule has 0 aliphatic heterocycles. The molecule has 20 heteroatoms. The van der Waals surface area contributed by atoms with Gasteiger partial charge in [0.05, 0.1) is 12.2 Å². The Labute approximate surface area is 182 Å². The summed E-state index contributed by atoms with van der Waals surface area (Å²) in [5.74, 6) is -57.8. The molecule has 3 nitrogen and oxygen atoms in total. The largest absolute Gasteiger partial charge is 0.545 e. The van der Waals surface area contributed by atoms with Crippen LogP contribution in [-0.2, 0) is 9.53 Å². The molecule has 1 unspecified atom stereocenters. The number of carboxylic acids is 1. The first kappa shape index (κ1) is 34.7. The van der Waals surface area contributed by atoms with E-state index in [1.807, 2.05) is 0 Å². The number of alkyl halides is 17. The summed E-state index contributed by atoms with van der Waals surface area (Å²) in [5.41, 5.74) is 0. The summed E-state index contributed by atoms with van der Waals surface area (Å²) < 4.78 is 224. The number of halogens is 17. The lowest BCUT2D eigenvalue weighted by atomic mass is 9.88. The van der Waals surface area contributed by atoms with Crippen LogP contribution in [-0.4, -0.2) is 59.7 Å². The summed E-state index contributed by atoms with van der Waals surface area (Å²) in [4.78, 5) is 9.14. The fraction of sp³-hybridized carbons (Fsp3) is 0.667. The van der Waals surface area contributed by atoms with E-state index in [2.05, 4.69) is 17.9 Å². The van der Waals surface area contributed by atoms with Gasteiger partial charge in [0.15, 0.2) is 6.10 Å². The van der Waals surface area contributed by atoms with E-state index < -0.39 is 59.7 Å². The third-order valence-corrected chi connectivity index (χ3v) is 3.72. The lowest BCUT2D eigenvalue weighted by Gasteiger charge is -2.43. The van der Waals surface area contributed by atoms with Gasteiger partial charge in [0.1, 0.15) is 0 Å².